The van der Waals surface area contributed by atoms with E-state index in [1.165, 1.54) is 28.9 Å². The maximum atomic E-state index is 12.7. The molecule has 2 heterocycles. The lowest BCUT2D eigenvalue weighted by atomic mass is 10.1. The third-order valence-electron chi connectivity index (χ3n) is 8.39. The standard InChI is InChI=1S/C20H29N3O6.C18H24N2O6.C3H8O.ClH/c1-20(2,3)29-19(26)23-12-11-22(13-16(23)17(24)21(4)27-5)18(25)28-14-15-9-7-6-8-10-15;1-18(2,3)26-17(24)20-10-9-19(11-14(20)15(21)22)16(23)25-12-13-7-5-4-6-8-13;1-3-4-2;/h6-10,16H,11-14H2,1-5H3;4-8,14H,9-12H2,1-3H3,(H,21,22);3H2,1-2H3;1H. The van der Waals surface area contributed by atoms with Crippen molar-refractivity contribution in [2.45, 2.75) is 85.0 Å². The van der Waals surface area contributed by atoms with E-state index >= 15 is 0 Å². The smallest absolute Gasteiger partial charge is 0.411 e. The number of amides is 5. The van der Waals surface area contributed by atoms with Crippen LogP contribution in [0.2, 0.25) is 0 Å². The first kappa shape index (κ1) is 52.7. The fraction of sp³-hybridized carbons (Fsp3) is 0.561. The number of aliphatic carboxylic acids is 1. The highest BCUT2D eigenvalue weighted by Crippen LogP contribution is 2.20. The maximum absolute atomic E-state index is 12.7. The predicted octanol–water partition coefficient (Wildman–Crippen LogP) is 5.67. The first-order valence-electron chi connectivity index (χ1n) is 19.1. The largest absolute Gasteiger partial charge is 0.480 e. The minimum Gasteiger partial charge on any atom is -0.480 e. The molecule has 19 heteroatoms. The zero-order valence-electron chi connectivity index (χ0n) is 36.3. The van der Waals surface area contributed by atoms with Crippen LogP contribution in [0.15, 0.2) is 60.7 Å². The van der Waals surface area contributed by atoms with Crippen molar-refractivity contribution in [2.24, 2.45) is 0 Å². The van der Waals surface area contributed by atoms with Crippen molar-refractivity contribution in [2.75, 3.05) is 67.1 Å². The number of likely N-dealkylation sites (N-methyl/N-ethyl adjacent to an activating group) is 1. The molecule has 5 amide bonds. The van der Waals surface area contributed by atoms with Crippen LogP contribution in [-0.2, 0) is 51.3 Å². The number of halogens is 1. The molecular formula is C41H62ClN5O13. The van der Waals surface area contributed by atoms with Gasteiger partial charge in [0, 0.05) is 46.9 Å². The summed E-state index contributed by atoms with van der Waals surface area (Å²) in [5, 5.41) is 10.5. The molecule has 0 radical (unpaired) electrons. The van der Waals surface area contributed by atoms with Crippen molar-refractivity contribution in [1.82, 2.24) is 24.7 Å². The van der Waals surface area contributed by atoms with Gasteiger partial charge in [0.25, 0.3) is 5.91 Å². The van der Waals surface area contributed by atoms with Crippen LogP contribution < -0.4 is 0 Å². The van der Waals surface area contributed by atoms with Gasteiger partial charge in [-0.2, -0.15) is 0 Å². The Morgan fingerprint density at radius 3 is 1.35 bits per heavy atom. The topological polar surface area (TPSA) is 194 Å². The number of methoxy groups -OCH3 is 1. The Kier molecular flexibility index (Phi) is 22.2. The molecule has 2 aromatic rings. The highest BCUT2D eigenvalue weighted by atomic mass is 35.5. The van der Waals surface area contributed by atoms with E-state index in [-0.39, 0.29) is 64.9 Å². The summed E-state index contributed by atoms with van der Waals surface area (Å²) < 4.78 is 25.8. The Labute approximate surface area is 358 Å². The number of piperazine rings is 2. The fourth-order valence-corrected chi connectivity index (χ4v) is 5.32. The van der Waals surface area contributed by atoms with Gasteiger partial charge in [0.1, 0.15) is 30.5 Å². The Morgan fingerprint density at radius 2 is 1.02 bits per heavy atom. The van der Waals surface area contributed by atoms with Gasteiger partial charge in [-0.15, -0.1) is 12.4 Å². The van der Waals surface area contributed by atoms with Crippen LogP contribution in [0.3, 0.4) is 0 Å². The average molecular weight is 868 g/mol. The summed E-state index contributed by atoms with van der Waals surface area (Å²) in [6, 6.07) is 16.4. The van der Waals surface area contributed by atoms with Gasteiger partial charge in [0.2, 0.25) is 0 Å². The lowest BCUT2D eigenvalue weighted by molar-refractivity contribution is -0.176. The number of hydrogen-bond donors (Lipinski definition) is 1. The number of nitrogens with zero attached hydrogens (tertiary/aromatic N) is 5. The van der Waals surface area contributed by atoms with E-state index in [4.69, 9.17) is 23.8 Å². The fourth-order valence-electron chi connectivity index (χ4n) is 5.32. The van der Waals surface area contributed by atoms with Crippen LogP contribution in [0.1, 0.15) is 59.6 Å². The van der Waals surface area contributed by atoms with Crippen molar-refractivity contribution in [3.05, 3.63) is 71.8 Å². The predicted molar refractivity (Wildman–Crippen MR) is 222 cm³/mol. The Balaban J connectivity index is 0.000000545. The van der Waals surface area contributed by atoms with Gasteiger partial charge in [0.05, 0.1) is 20.2 Å². The van der Waals surface area contributed by atoms with E-state index in [9.17, 15) is 33.9 Å². The molecule has 2 atom stereocenters. The SMILES string of the molecule is CC(C)(C)OC(=O)N1CCN(C(=O)OCc2ccccc2)CC1C(=O)O.CCOC.CON(C)C(=O)C1CN(C(=O)OCc2ccccc2)CCN1C(=O)OC(C)(C)C.Cl. The Morgan fingerprint density at radius 1 is 0.650 bits per heavy atom. The molecule has 4 rings (SSSR count). The Bertz CT molecular complexity index is 1660. The molecule has 1 N–H and O–H groups in total. The van der Waals surface area contributed by atoms with Crippen molar-refractivity contribution in [1.29, 1.82) is 0 Å². The Hall–Kier alpha value is -5.33. The van der Waals surface area contributed by atoms with Crippen molar-refractivity contribution < 1.29 is 62.4 Å². The van der Waals surface area contributed by atoms with Gasteiger partial charge >= 0.3 is 30.3 Å². The van der Waals surface area contributed by atoms with Gasteiger partial charge in [-0.25, -0.2) is 29.0 Å². The molecule has 2 fully saturated rings. The van der Waals surface area contributed by atoms with Crippen molar-refractivity contribution in [3.63, 3.8) is 0 Å². The van der Waals surface area contributed by atoms with Crippen LogP contribution in [0.5, 0.6) is 0 Å². The molecular weight excluding hydrogens is 806 g/mol. The lowest BCUT2D eigenvalue weighted by Gasteiger charge is -2.41. The van der Waals surface area contributed by atoms with Crippen LogP contribution in [-0.4, -0.2) is 156 Å². The number of ether oxygens (including phenoxy) is 5. The second-order valence-electron chi connectivity index (χ2n) is 15.3. The molecule has 0 saturated carbocycles. The zero-order chi connectivity index (χ0) is 44.3. The molecule has 336 valence electrons. The summed E-state index contributed by atoms with van der Waals surface area (Å²) in [6.45, 7) is 13.8. The summed E-state index contributed by atoms with van der Waals surface area (Å²) in [4.78, 5) is 83.9. The molecule has 2 aliphatic heterocycles. The van der Waals surface area contributed by atoms with E-state index in [1.54, 1.807) is 48.7 Å². The zero-order valence-corrected chi connectivity index (χ0v) is 37.1. The summed E-state index contributed by atoms with van der Waals surface area (Å²) in [6.07, 6.45) is -2.47. The number of carboxylic acid groups (broad SMARTS) is 1. The minimum absolute atomic E-state index is 0. The van der Waals surface area contributed by atoms with E-state index in [1.807, 2.05) is 67.6 Å². The molecule has 0 aliphatic carbocycles. The summed E-state index contributed by atoms with van der Waals surface area (Å²) >= 11 is 0. The molecule has 0 aromatic heterocycles. The monoisotopic (exact) mass is 867 g/mol. The normalized spacial score (nSPS) is 16.3. The van der Waals surface area contributed by atoms with Gasteiger partial charge in [-0.3, -0.25) is 19.4 Å². The van der Waals surface area contributed by atoms with E-state index < -0.39 is 59.5 Å². The quantitative estimate of drug-likeness (QED) is 0.252. The number of hydrogen-bond acceptors (Lipinski definition) is 12. The van der Waals surface area contributed by atoms with Crippen LogP contribution in [0, 0.1) is 0 Å². The third-order valence-corrected chi connectivity index (χ3v) is 8.39. The molecule has 18 nitrogen and oxygen atoms in total. The molecule has 2 aromatic carbocycles. The van der Waals surface area contributed by atoms with Gasteiger partial charge in [0.15, 0.2) is 6.04 Å². The summed E-state index contributed by atoms with van der Waals surface area (Å²) in [7, 11) is 4.48. The molecule has 0 spiro atoms. The molecule has 2 saturated heterocycles. The number of rotatable bonds is 8. The van der Waals surface area contributed by atoms with Gasteiger partial charge < -0.3 is 38.6 Å². The molecule has 0 bridgehead atoms. The summed E-state index contributed by atoms with van der Waals surface area (Å²) in [5.41, 5.74) is 0.262. The summed E-state index contributed by atoms with van der Waals surface area (Å²) in [5.74, 6) is -1.66. The van der Waals surface area contributed by atoms with Crippen LogP contribution >= 0.6 is 12.4 Å². The highest BCUT2D eigenvalue weighted by molar-refractivity contribution is 5.86. The lowest BCUT2D eigenvalue weighted by Crippen LogP contribution is -2.62. The van der Waals surface area contributed by atoms with Crippen molar-refractivity contribution in [3.8, 4) is 0 Å². The van der Waals surface area contributed by atoms with E-state index in [0.717, 1.165) is 27.7 Å². The second kappa shape index (κ2) is 25.3. The highest BCUT2D eigenvalue weighted by Gasteiger charge is 2.41. The number of hydroxylamine groups is 2. The molecule has 2 unspecified atom stereocenters. The second-order valence-corrected chi connectivity index (χ2v) is 15.3. The average Bonchev–Trinajstić information content (AvgIpc) is 3.20. The molecule has 2 aliphatic rings. The van der Waals surface area contributed by atoms with Crippen LogP contribution in [0.4, 0.5) is 19.2 Å². The first-order valence-corrected chi connectivity index (χ1v) is 19.1. The minimum atomic E-state index is -1.20. The number of benzene rings is 2. The molecule has 60 heavy (non-hydrogen) atoms. The van der Waals surface area contributed by atoms with E-state index in [2.05, 4.69) is 4.74 Å². The number of carbonyl (C=O) groups is 6. The van der Waals surface area contributed by atoms with Crippen molar-refractivity contribution >= 4 is 48.7 Å². The van der Waals surface area contributed by atoms with Gasteiger partial charge in [-0.05, 0) is 59.6 Å². The number of carboxylic acids is 1. The third kappa shape index (κ3) is 18.3. The van der Waals surface area contributed by atoms with E-state index in [0.29, 0.717) is 0 Å². The first-order chi connectivity index (χ1) is 27.7. The number of carbonyl (C=O) groups excluding carboxylic acids is 5. The van der Waals surface area contributed by atoms with Gasteiger partial charge in [-0.1, -0.05) is 60.7 Å². The maximum Gasteiger partial charge on any atom is 0.411 e. The van der Waals surface area contributed by atoms with Crippen LogP contribution in [0.25, 0.3) is 0 Å².